The highest BCUT2D eigenvalue weighted by Crippen LogP contribution is 2.30. The van der Waals surface area contributed by atoms with Crippen LogP contribution in [0.3, 0.4) is 0 Å². The molecule has 1 aliphatic heterocycles. The van der Waals surface area contributed by atoms with Crippen molar-refractivity contribution in [2.75, 3.05) is 11.9 Å². The van der Waals surface area contributed by atoms with E-state index in [0.717, 1.165) is 16.0 Å². The molecule has 2 aromatic carbocycles. The van der Waals surface area contributed by atoms with Crippen LogP contribution in [0.5, 0.6) is 0 Å². The zero-order valence-corrected chi connectivity index (χ0v) is 18.3. The number of furan rings is 1. The van der Waals surface area contributed by atoms with Gasteiger partial charge >= 0.3 is 6.03 Å². The lowest BCUT2D eigenvalue weighted by Gasteiger charge is -2.12. The Hall–Kier alpha value is -4.73. The van der Waals surface area contributed by atoms with Gasteiger partial charge in [-0.15, -0.1) is 0 Å². The van der Waals surface area contributed by atoms with Crippen molar-refractivity contribution in [1.29, 1.82) is 0 Å². The van der Waals surface area contributed by atoms with Crippen LogP contribution in [0.4, 0.5) is 16.2 Å². The zero-order chi connectivity index (χ0) is 24.4. The average molecular weight is 460 g/mol. The van der Waals surface area contributed by atoms with Crippen LogP contribution < -0.4 is 10.6 Å². The molecule has 3 aromatic rings. The third-order valence-electron chi connectivity index (χ3n) is 5.18. The predicted molar refractivity (Wildman–Crippen MR) is 124 cm³/mol. The molecule has 0 spiro atoms. The third kappa shape index (κ3) is 4.70. The van der Waals surface area contributed by atoms with E-state index < -0.39 is 29.3 Å². The van der Waals surface area contributed by atoms with Crippen molar-refractivity contribution < 1.29 is 23.7 Å². The molecule has 4 amide bonds. The quantitative estimate of drug-likeness (QED) is 0.247. The second kappa shape index (κ2) is 9.02. The molecule has 1 aromatic heterocycles. The highest BCUT2D eigenvalue weighted by Gasteiger charge is 2.35. The third-order valence-corrected chi connectivity index (χ3v) is 5.18. The number of benzene rings is 2. The van der Waals surface area contributed by atoms with Crippen LogP contribution in [0.1, 0.15) is 16.9 Å². The molecule has 0 radical (unpaired) electrons. The number of nitro groups is 1. The van der Waals surface area contributed by atoms with E-state index in [-0.39, 0.29) is 17.1 Å². The number of nitro benzene ring substituents is 1. The number of amides is 4. The van der Waals surface area contributed by atoms with Crippen LogP contribution in [-0.4, -0.2) is 34.2 Å². The Morgan fingerprint density at radius 1 is 1.15 bits per heavy atom. The van der Waals surface area contributed by atoms with Crippen LogP contribution >= 0.6 is 0 Å². The van der Waals surface area contributed by atoms with E-state index in [1.165, 1.54) is 18.2 Å². The summed E-state index contributed by atoms with van der Waals surface area (Å²) in [5, 5.41) is 16.2. The fraction of sp³-hybridized carbons (Fsp3) is 0.125. The molecule has 1 saturated heterocycles. The number of aryl methyl sites for hydroxylation is 2. The molecule has 0 atom stereocenters. The zero-order valence-electron chi connectivity index (χ0n) is 18.3. The minimum atomic E-state index is -0.725. The largest absolute Gasteiger partial charge is 0.457 e. The van der Waals surface area contributed by atoms with E-state index >= 15 is 0 Å². The normalized spacial score (nSPS) is 14.4. The molecule has 0 unspecified atom stereocenters. The Kier molecular flexibility index (Phi) is 5.96. The molecule has 34 heavy (non-hydrogen) atoms. The number of rotatable bonds is 6. The molecule has 0 aliphatic carbocycles. The van der Waals surface area contributed by atoms with E-state index in [2.05, 4.69) is 10.6 Å². The maximum Gasteiger partial charge on any atom is 0.329 e. The number of carbonyl (C=O) groups excluding carboxylic acids is 3. The van der Waals surface area contributed by atoms with Crippen molar-refractivity contribution in [3.8, 4) is 11.3 Å². The van der Waals surface area contributed by atoms with Gasteiger partial charge in [0, 0.05) is 29.5 Å². The second-order valence-electron chi connectivity index (χ2n) is 7.76. The van der Waals surface area contributed by atoms with Gasteiger partial charge in [-0.1, -0.05) is 18.2 Å². The minimum Gasteiger partial charge on any atom is -0.457 e. The number of hydrogen-bond donors (Lipinski definition) is 2. The van der Waals surface area contributed by atoms with Crippen molar-refractivity contribution in [2.24, 2.45) is 0 Å². The number of imide groups is 1. The first-order chi connectivity index (χ1) is 16.2. The summed E-state index contributed by atoms with van der Waals surface area (Å²) in [7, 11) is 0. The van der Waals surface area contributed by atoms with Crippen molar-refractivity contribution >= 4 is 35.3 Å². The Morgan fingerprint density at radius 2 is 1.94 bits per heavy atom. The molecule has 1 fully saturated rings. The predicted octanol–water partition coefficient (Wildman–Crippen LogP) is 4.00. The molecular formula is C24H20N4O6. The Labute approximate surface area is 194 Å². The fourth-order valence-electron chi connectivity index (χ4n) is 3.49. The van der Waals surface area contributed by atoms with Gasteiger partial charge in [-0.25, -0.2) is 9.69 Å². The van der Waals surface area contributed by atoms with E-state index in [4.69, 9.17) is 4.42 Å². The lowest BCUT2D eigenvalue weighted by atomic mass is 10.1. The molecule has 4 rings (SSSR count). The van der Waals surface area contributed by atoms with Gasteiger partial charge < -0.3 is 15.1 Å². The Balaban J connectivity index is 1.49. The van der Waals surface area contributed by atoms with Gasteiger partial charge in [0.05, 0.1) is 4.92 Å². The molecule has 2 heterocycles. The first-order valence-electron chi connectivity index (χ1n) is 10.3. The van der Waals surface area contributed by atoms with Crippen LogP contribution in [0.2, 0.25) is 0 Å². The number of nitrogens with one attached hydrogen (secondary N) is 2. The standard InChI is InChI=1S/C24H20N4O6/c1-14-4-3-5-16(10-14)25-22(29)13-27-23(30)20(26-24(27)31)12-18-8-9-21(34-18)19-11-17(28(32)33)7-6-15(19)2/h3-12H,13H2,1-2H3,(H,25,29)(H,26,31)/b20-12+. The van der Waals surface area contributed by atoms with Gasteiger partial charge in [-0.3, -0.25) is 19.7 Å². The molecule has 172 valence electrons. The van der Waals surface area contributed by atoms with E-state index in [9.17, 15) is 24.5 Å². The maximum absolute atomic E-state index is 12.7. The summed E-state index contributed by atoms with van der Waals surface area (Å²) in [6, 6.07) is 14.0. The van der Waals surface area contributed by atoms with Crippen LogP contribution in [0.15, 0.2) is 64.7 Å². The molecule has 2 N–H and O–H groups in total. The van der Waals surface area contributed by atoms with Gasteiger partial charge in [-0.05, 0) is 49.2 Å². The van der Waals surface area contributed by atoms with Crippen molar-refractivity contribution in [2.45, 2.75) is 13.8 Å². The van der Waals surface area contributed by atoms with Gasteiger partial charge in [0.15, 0.2) is 0 Å². The monoisotopic (exact) mass is 460 g/mol. The summed E-state index contributed by atoms with van der Waals surface area (Å²) in [5.41, 5.74) is 2.70. The van der Waals surface area contributed by atoms with Gasteiger partial charge in [0.25, 0.3) is 11.6 Å². The van der Waals surface area contributed by atoms with Gasteiger partial charge in [0.1, 0.15) is 23.8 Å². The number of hydrogen-bond acceptors (Lipinski definition) is 6. The maximum atomic E-state index is 12.7. The lowest BCUT2D eigenvalue weighted by molar-refractivity contribution is -0.384. The smallest absolute Gasteiger partial charge is 0.329 e. The van der Waals surface area contributed by atoms with Crippen molar-refractivity contribution in [3.05, 3.63) is 87.3 Å². The van der Waals surface area contributed by atoms with Gasteiger partial charge in [0.2, 0.25) is 5.91 Å². The van der Waals surface area contributed by atoms with Crippen LogP contribution in [0.25, 0.3) is 17.4 Å². The molecular weight excluding hydrogens is 440 g/mol. The topological polar surface area (TPSA) is 135 Å². The number of anilines is 1. The first-order valence-corrected chi connectivity index (χ1v) is 10.3. The number of nitrogens with zero attached hydrogens (tertiary/aromatic N) is 2. The summed E-state index contributed by atoms with van der Waals surface area (Å²) in [5.74, 6) is -0.555. The molecule has 1 aliphatic rings. The van der Waals surface area contributed by atoms with E-state index in [0.29, 0.717) is 17.0 Å². The van der Waals surface area contributed by atoms with Crippen molar-refractivity contribution in [1.82, 2.24) is 10.2 Å². The van der Waals surface area contributed by atoms with Crippen LogP contribution in [0, 0.1) is 24.0 Å². The fourth-order valence-corrected chi connectivity index (χ4v) is 3.49. The highest BCUT2D eigenvalue weighted by molar-refractivity contribution is 6.15. The van der Waals surface area contributed by atoms with Gasteiger partial charge in [-0.2, -0.15) is 0 Å². The molecule has 10 nitrogen and oxygen atoms in total. The number of carbonyl (C=O) groups is 3. The average Bonchev–Trinajstić information content (AvgIpc) is 3.34. The Morgan fingerprint density at radius 3 is 2.68 bits per heavy atom. The van der Waals surface area contributed by atoms with Crippen molar-refractivity contribution in [3.63, 3.8) is 0 Å². The van der Waals surface area contributed by atoms with E-state index in [1.54, 1.807) is 43.3 Å². The molecule has 10 heteroatoms. The van der Waals surface area contributed by atoms with Crippen LogP contribution in [-0.2, 0) is 9.59 Å². The van der Waals surface area contributed by atoms with E-state index in [1.807, 2.05) is 13.0 Å². The molecule has 0 bridgehead atoms. The second-order valence-corrected chi connectivity index (χ2v) is 7.76. The summed E-state index contributed by atoms with van der Waals surface area (Å²) in [4.78, 5) is 48.7. The number of urea groups is 1. The lowest BCUT2D eigenvalue weighted by Crippen LogP contribution is -2.38. The summed E-state index contributed by atoms with van der Waals surface area (Å²) >= 11 is 0. The summed E-state index contributed by atoms with van der Waals surface area (Å²) < 4.78 is 5.74. The highest BCUT2D eigenvalue weighted by atomic mass is 16.6. The summed E-state index contributed by atoms with van der Waals surface area (Å²) in [6.07, 6.45) is 1.34. The minimum absolute atomic E-state index is 0.0509. The Bertz CT molecular complexity index is 1360. The summed E-state index contributed by atoms with van der Waals surface area (Å²) in [6.45, 7) is 3.22. The first kappa shape index (κ1) is 22.5. The molecule has 0 saturated carbocycles. The number of non-ortho nitro benzene ring substituents is 1. The SMILES string of the molecule is Cc1cccc(NC(=O)CN2C(=O)N/C(=C/c3ccc(-c4cc([N+](=O)[O-])ccc4C)o3)C2=O)c1.